The van der Waals surface area contributed by atoms with Crippen LogP contribution >= 0.6 is 11.8 Å². The molecule has 7 heteroatoms. The van der Waals surface area contributed by atoms with Crippen LogP contribution in [0.25, 0.3) is 5.43 Å². The van der Waals surface area contributed by atoms with Crippen LogP contribution in [0.5, 0.6) is 0 Å². The number of nitrogens with zero attached hydrogens (tertiary/aromatic N) is 2. The van der Waals surface area contributed by atoms with Gasteiger partial charge in [0.05, 0.1) is 12.1 Å². The van der Waals surface area contributed by atoms with Crippen molar-refractivity contribution in [3.05, 3.63) is 53.5 Å². The number of nitrogens with one attached hydrogen (secondary N) is 1. The van der Waals surface area contributed by atoms with E-state index >= 15 is 0 Å². The topological polar surface area (TPSA) is 105 Å². The molecule has 0 saturated carbocycles. The van der Waals surface area contributed by atoms with Crippen molar-refractivity contribution in [1.82, 2.24) is 4.90 Å². The molecule has 26 heavy (non-hydrogen) atoms. The number of amides is 1. The second kappa shape index (κ2) is 11.0. The molecule has 1 aromatic rings. The van der Waals surface area contributed by atoms with Crippen LogP contribution in [0.4, 0.5) is 0 Å². The van der Waals surface area contributed by atoms with Crippen molar-refractivity contribution < 1.29 is 9.90 Å². The van der Waals surface area contributed by atoms with E-state index in [0.717, 1.165) is 30.6 Å². The van der Waals surface area contributed by atoms with Crippen LogP contribution in [0.1, 0.15) is 31.2 Å². The molecule has 1 fully saturated rings. The van der Waals surface area contributed by atoms with E-state index < -0.39 is 6.10 Å². The Kier molecular flexibility index (Phi) is 8.67. The van der Waals surface area contributed by atoms with Gasteiger partial charge in [-0.1, -0.05) is 42.5 Å². The molecule has 4 N–H and O–H groups in total. The third kappa shape index (κ3) is 6.82. The van der Waals surface area contributed by atoms with Crippen molar-refractivity contribution in [2.24, 2.45) is 5.84 Å². The standard InChI is InChI=1S/C19H27N4O2S/c20-19(22-21)26-13-5-4-12-23-16(9-11-18(23)25)8-10-17(24)14-15-6-2-1-3-7-15/h1-3,6-8,10,16-17,24H,4-5,9,11-14,21H2,(H-,20,22)/q-1/b10-8+/t16-,17?/m0/s1. The summed E-state index contributed by atoms with van der Waals surface area (Å²) in [5.74, 6) is 5.98. The number of likely N-dealkylation sites (tertiary alicyclic amines) is 1. The van der Waals surface area contributed by atoms with E-state index in [1.54, 1.807) is 0 Å². The van der Waals surface area contributed by atoms with Crippen LogP contribution < -0.4 is 5.84 Å². The van der Waals surface area contributed by atoms with Crippen molar-refractivity contribution in [1.29, 1.82) is 5.41 Å². The molecule has 0 aromatic heterocycles. The molecule has 1 aliphatic rings. The fraction of sp³-hybridized carbons (Fsp3) is 0.474. The second-order valence-corrected chi connectivity index (χ2v) is 7.41. The maximum absolute atomic E-state index is 12.1. The molecule has 2 rings (SSSR count). The molecule has 1 saturated heterocycles. The van der Waals surface area contributed by atoms with Gasteiger partial charge in [0, 0.05) is 19.4 Å². The van der Waals surface area contributed by atoms with E-state index in [2.05, 4.69) is 5.43 Å². The zero-order valence-corrected chi connectivity index (χ0v) is 15.7. The summed E-state index contributed by atoms with van der Waals surface area (Å²) in [4.78, 5) is 14.0. The van der Waals surface area contributed by atoms with Gasteiger partial charge < -0.3 is 26.7 Å². The maximum Gasteiger partial charge on any atom is 0.223 e. The molecular formula is C19H27N4O2S-. The largest absolute Gasteiger partial charge is 0.476 e. The fourth-order valence-electron chi connectivity index (χ4n) is 3.02. The van der Waals surface area contributed by atoms with Gasteiger partial charge in [0.2, 0.25) is 5.91 Å². The minimum Gasteiger partial charge on any atom is -0.476 e. The molecule has 1 unspecified atom stereocenters. The van der Waals surface area contributed by atoms with Crippen LogP contribution in [0, 0.1) is 5.41 Å². The van der Waals surface area contributed by atoms with Crippen molar-refractivity contribution in [3.8, 4) is 0 Å². The van der Waals surface area contributed by atoms with Gasteiger partial charge in [-0.25, -0.2) is 0 Å². The van der Waals surface area contributed by atoms with Crippen LogP contribution in [-0.2, 0) is 11.2 Å². The zero-order chi connectivity index (χ0) is 18.8. The Morgan fingerprint density at radius 1 is 1.42 bits per heavy atom. The number of hydrogen-bond acceptors (Lipinski definition) is 5. The van der Waals surface area contributed by atoms with E-state index in [4.69, 9.17) is 11.3 Å². The summed E-state index contributed by atoms with van der Waals surface area (Å²) in [6.07, 6.45) is 6.96. The highest BCUT2D eigenvalue weighted by Crippen LogP contribution is 2.21. The molecule has 1 heterocycles. The molecule has 0 bridgehead atoms. The van der Waals surface area contributed by atoms with E-state index in [1.807, 2.05) is 47.4 Å². The first-order valence-corrected chi connectivity index (χ1v) is 9.90. The Hall–Kier alpha value is -1.83. The first-order chi connectivity index (χ1) is 12.6. The molecule has 1 aliphatic heterocycles. The lowest BCUT2D eigenvalue weighted by molar-refractivity contribution is -0.128. The van der Waals surface area contributed by atoms with E-state index in [1.165, 1.54) is 11.8 Å². The van der Waals surface area contributed by atoms with Crippen LogP contribution in [0.15, 0.2) is 42.5 Å². The Morgan fingerprint density at radius 3 is 2.92 bits per heavy atom. The lowest BCUT2D eigenvalue weighted by Crippen LogP contribution is -2.33. The predicted molar refractivity (Wildman–Crippen MR) is 107 cm³/mol. The summed E-state index contributed by atoms with van der Waals surface area (Å²) in [6.45, 7) is 0.705. The minimum absolute atomic E-state index is 0.0675. The van der Waals surface area contributed by atoms with E-state index in [9.17, 15) is 9.90 Å². The Balaban J connectivity index is 1.76. The average Bonchev–Trinajstić information content (AvgIpc) is 3.00. The molecule has 0 spiro atoms. The third-order valence-electron chi connectivity index (χ3n) is 4.37. The monoisotopic (exact) mass is 375 g/mol. The highest BCUT2D eigenvalue weighted by atomic mass is 32.2. The van der Waals surface area contributed by atoms with Gasteiger partial charge in [-0.05, 0) is 35.7 Å². The minimum atomic E-state index is -0.544. The number of thioether (sulfide) groups is 1. The van der Waals surface area contributed by atoms with Crippen molar-refractivity contribution in [3.63, 3.8) is 0 Å². The lowest BCUT2D eigenvalue weighted by atomic mass is 10.1. The first kappa shape index (κ1) is 20.5. The number of amidine groups is 1. The van der Waals surface area contributed by atoms with Gasteiger partial charge in [-0.15, -0.1) is 11.8 Å². The summed E-state index contributed by atoms with van der Waals surface area (Å²) >= 11 is 1.32. The van der Waals surface area contributed by atoms with Gasteiger partial charge >= 0.3 is 0 Å². The Labute approximate surface area is 159 Å². The summed E-state index contributed by atoms with van der Waals surface area (Å²) in [7, 11) is 0. The number of unbranched alkanes of at least 4 members (excludes halogenated alkanes) is 1. The van der Waals surface area contributed by atoms with Gasteiger partial charge in [-0.3, -0.25) is 4.79 Å². The smallest absolute Gasteiger partial charge is 0.223 e. The van der Waals surface area contributed by atoms with Crippen LogP contribution in [-0.4, -0.2) is 45.5 Å². The highest BCUT2D eigenvalue weighted by Gasteiger charge is 2.28. The maximum atomic E-state index is 12.1. The van der Waals surface area contributed by atoms with E-state index in [0.29, 0.717) is 19.4 Å². The summed E-state index contributed by atoms with van der Waals surface area (Å²) in [6, 6.07) is 9.95. The number of benzene rings is 1. The molecule has 0 aliphatic carbocycles. The van der Waals surface area contributed by atoms with E-state index in [-0.39, 0.29) is 17.1 Å². The summed E-state index contributed by atoms with van der Waals surface area (Å²) in [5, 5.41) is 17.7. The summed E-state index contributed by atoms with van der Waals surface area (Å²) < 4.78 is 0. The fourth-order valence-corrected chi connectivity index (χ4v) is 3.63. The normalized spacial score (nSPS) is 18.5. The quantitative estimate of drug-likeness (QED) is 0.154. The molecule has 6 nitrogen and oxygen atoms in total. The molecule has 1 amide bonds. The first-order valence-electron chi connectivity index (χ1n) is 8.92. The Bertz CT molecular complexity index is 609. The van der Waals surface area contributed by atoms with Crippen molar-refractivity contribution >= 4 is 22.8 Å². The third-order valence-corrected chi connectivity index (χ3v) is 5.24. The number of carbonyl (C=O) groups is 1. The van der Waals surface area contributed by atoms with Gasteiger partial charge in [0.1, 0.15) is 0 Å². The molecule has 1 aromatic carbocycles. The second-order valence-electron chi connectivity index (χ2n) is 6.32. The van der Waals surface area contributed by atoms with Crippen LogP contribution in [0.3, 0.4) is 0 Å². The number of aliphatic hydroxyl groups is 1. The molecular weight excluding hydrogens is 348 g/mol. The summed E-state index contributed by atoms with van der Waals surface area (Å²) in [5.41, 5.74) is 4.40. The van der Waals surface area contributed by atoms with Crippen molar-refractivity contribution in [2.45, 2.75) is 44.2 Å². The molecule has 2 atom stereocenters. The van der Waals surface area contributed by atoms with Gasteiger partial charge in [0.15, 0.2) is 0 Å². The zero-order valence-electron chi connectivity index (χ0n) is 14.9. The number of carbonyl (C=O) groups excluding carboxylic acids is 1. The van der Waals surface area contributed by atoms with Gasteiger partial charge in [0.25, 0.3) is 0 Å². The number of hydrogen-bond donors (Lipinski definition) is 3. The average molecular weight is 376 g/mol. The molecule has 142 valence electrons. The number of aliphatic hydroxyl groups excluding tert-OH is 1. The predicted octanol–water partition coefficient (Wildman–Crippen LogP) is 2.83. The SMILES string of the molecule is N=C([N-]N)SCCCCN1C(=O)CC[C@@H]1/C=C/C(O)Cc1ccccc1. The lowest BCUT2D eigenvalue weighted by Gasteiger charge is -2.22. The number of nitrogens with two attached hydrogens (primary N) is 1. The van der Waals surface area contributed by atoms with Crippen molar-refractivity contribution in [2.75, 3.05) is 12.3 Å². The molecule has 0 radical (unpaired) electrons. The van der Waals surface area contributed by atoms with Gasteiger partial charge in [-0.2, -0.15) is 0 Å². The van der Waals surface area contributed by atoms with Crippen LogP contribution in [0.2, 0.25) is 0 Å². The number of rotatable bonds is 9. The highest BCUT2D eigenvalue weighted by molar-refractivity contribution is 8.14. The Morgan fingerprint density at radius 2 is 2.19 bits per heavy atom.